The van der Waals surface area contributed by atoms with Crippen molar-refractivity contribution in [3.8, 4) is 15.6 Å². The van der Waals surface area contributed by atoms with Gasteiger partial charge in [-0.05, 0) is 28.0 Å². The molecule has 0 radical (unpaired) electrons. The third-order valence-electron chi connectivity index (χ3n) is 5.66. The largest absolute Gasteiger partial charge is 0.497 e. The molecule has 1 heterocycles. The molecular formula is C28H35IO12. The number of halogens is 1. The SMILES string of the molecule is COc1ccc(COC[C@H](CCC#CI)O[C@@H]2O[C@H](COC(C)=O)[C@@H](OC(C)=O)[C@H](OC(C)=O)[C@H]2OC(C)=O)cc1. The molecule has 0 bridgehead atoms. The van der Waals surface area contributed by atoms with E-state index in [9.17, 15) is 19.2 Å². The summed E-state index contributed by atoms with van der Waals surface area (Å²) in [4.78, 5) is 47.6. The van der Waals surface area contributed by atoms with Gasteiger partial charge in [-0.3, -0.25) is 19.2 Å². The summed E-state index contributed by atoms with van der Waals surface area (Å²) in [6.45, 7) is 4.72. The second-order valence-corrected chi connectivity index (χ2v) is 9.54. The molecule has 12 nitrogen and oxygen atoms in total. The van der Waals surface area contributed by atoms with Crippen LogP contribution in [0.5, 0.6) is 5.75 Å². The number of esters is 4. The first-order valence-electron chi connectivity index (χ1n) is 12.8. The second kappa shape index (κ2) is 17.8. The monoisotopic (exact) mass is 690 g/mol. The van der Waals surface area contributed by atoms with E-state index >= 15 is 0 Å². The highest BCUT2D eigenvalue weighted by Crippen LogP contribution is 2.31. The molecule has 13 heteroatoms. The Morgan fingerprint density at radius 3 is 2.07 bits per heavy atom. The minimum atomic E-state index is -1.32. The average Bonchev–Trinajstić information content (AvgIpc) is 2.90. The Kier molecular flexibility index (Phi) is 14.9. The zero-order valence-corrected chi connectivity index (χ0v) is 25.7. The molecule has 0 aromatic heterocycles. The predicted octanol–water partition coefficient (Wildman–Crippen LogP) is 2.86. The second-order valence-electron chi connectivity index (χ2n) is 9.00. The van der Waals surface area contributed by atoms with Gasteiger partial charge in [-0.25, -0.2) is 0 Å². The van der Waals surface area contributed by atoms with Crippen molar-refractivity contribution in [2.45, 2.75) is 84.0 Å². The molecule has 2 rings (SSSR count). The van der Waals surface area contributed by atoms with Crippen LogP contribution in [0.4, 0.5) is 0 Å². The van der Waals surface area contributed by atoms with Crippen LogP contribution in [0.1, 0.15) is 46.1 Å². The van der Waals surface area contributed by atoms with Gasteiger partial charge < -0.3 is 37.9 Å². The molecule has 1 aliphatic heterocycles. The van der Waals surface area contributed by atoms with E-state index in [4.69, 9.17) is 37.9 Å². The lowest BCUT2D eigenvalue weighted by Gasteiger charge is -2.44. The van der Waals surface area contributed by atoms with E-state index < -0.39 is 60.7 Å². The lowest BCUT2D eigenvalue weighted by Crippen LogP contribution is -2.63. The summed E-state index contributed by atoms with van der Waals surface area (Å²) in [6.07, 6.45) is -6.06. The van der Waals surface area contributed by atoms with E-state index in [2.05, 4.69) is 9.85 Å². The van der Waals surface area contributed by atoms with Gasteiger partial charge >= 0.3 is 23.9 Å². The predicted molar refractivity (Wildman–Crippen MR) is 151 cm³/mol. The van der Waals surface area contributed by atoms with Crippen molar-refractivity contribution in [2.75, 3.05) is 20.3 Å². The quantitative estimate of drug-likeness (QED) is 0.123. The van der Waals surface area contributed by atoms with Gasteiger partial charge in [0.2, 0.25) is 0 Å². The molecule has 1 saturated heterocycles. The molecule has 41 heavy (non-hydrogen) atoms. The van der Waals surface area contributed by atoms with E-state index in [0.717, 1.165) is 25.2 Å². The Morgan fingerprint density at radius 1 is 0.902 bits per heavy atom. The van der Waals surface area contributed by atoms with Gasteiger partial charge in [-0.15, -0.1) is 0 Å². The molecule has 0 unspecified atom stereocenters. The smallest absolute Gasteiger partial charge is 0.303 e. The van der Waals surface area contributed by atoms with E-state index in [0.29, 0.717) is 12.8 Å². The number of carbonyl (C=O) groups is 4. The molecule has 6 atom stereocenters. The Bertz CT molecular complexity index is 1080. The van der Waals surface area contributed by atoms with Gasteiger partial charge in [-0.1, -0.05) is 18.1 Å². The van der Waals surface area contributed by atoms with E-state index in [1.807, 2.05) is 46.9 Å². The maximum absolute atomic E-state index is 12.1. The van der Waals surface area contributed by atoms with Crippen molar-refractivity contribution < 1.29 is 57.1 Å². The fourth-order valence-electron chi connectivity index (χ4n) is 3.99. The van der Waals surface area contributed by atoms with E-state index in [-0.39, 0.29) is 19.8 Å². The molecular weight excluding hydrogens is 655 g/mol. The highest BCUT2D eigenvalue weighted by Gasteiger charge is 2.53. The first kappa shape index (κ1) is 34.3. The lowest BCUT2D eigenvalue weighted by atomic mass is 9.98. The summed E-state index contributed by atoms with van der Waals surface area (Å²) in [5.41, 5.74) is 0.906. The summed E-state index contributed by atoms with van der Waals surface area (Å²) < 4.78 is 47.6. The molecule has 1 aromatic carbocycles. The van der Waals surface area contributed by atoms with Crippen LogP contribution >= 0.6 is 22.6 Å². The van der Waals surface area contributed by atoms with Gasteiger partial charge in [0.15, 0.2) is 24.6 Å². The first-order chi connectivity index (χ1) is 19.5. The molecule has 1 aromatic rings. The standard InChI is InChI=1S/C28H35IO12/c1-17(30)36-16-24-25(37-18(2)31)26(38-19(3)32)27(39-20(4)33)28(41-24)40-23(8-6-7-13-29)15-35-14-21-9-11-22(34-5)12-10-21/h9-12,23-28H,6,8,14-16H2,1-5H3/t23-,24+,25+,26-,27+,28+/m0/s1. The van der Waals surface area contributed by atoms with Crippen LogP contribution in [-0.2, 0) is 58.9 Å². The van der Waals surface area contributed by atoms with Crippen molar-refractivity contribution in [2.24, 2.45) is 0 Å². The van der Waals surface area contributed by atoms with Crippen molar-refractivity contribution in [1.82, 2.24) is 0 Å². The minimum Gasteiger partial charge on any atom is -0.497 e. The zero-order chi connectivity index (χ0) is 30.4. The molecule has 1 fully saturated rings. The molecule has 0 spiro atoms. The maximum atomic E-state index is 12.1. The van der Waals surface area contributed by atoms with Crippen LogP contribution in [0.25, 0.3) is 0 Å². The summed E-state index contributed by atoms with van der Waals surface area (Å²) in [6, 6.07) is 7.38. The fraction of sp³-hybridized carbons (Fsp3) is 0.571. The van der Waals surface area contributed by atoms with E-state index in [1.54, 1.807) is 7.11 Å². The van der Waals surface area contributed by atoms with Gasteiger partial charge in [-0.2, -0.15) is 0 Å². The first-order valence-corrected chi connectivity index (χ1v) is 13.9. The highest BCUT2D eigenvalue weighted by molar-refractivity contribution is 14.1. The number of carbonyl (C=O) groups excluding carboxylic acids is 4. The van der Waals surface area contributed by atoms with Crippen LogP contribution in [0, 0.1) is 9.85 Å². The van der Waals surface area contributed by atoms with Crippen molar-refractivity contribution in [1.29, 1.82) is 0 Å². The molecule has 0 amide bonds. The van der Waals surface area contributed by atoms with Crippen LogP contribution < -0.4 is 4.74 Å². The maximum Gasteiger partial charge on any atom is 0.303 e. The third-order valence-corrected chi connectivity index (χ3v) is 6.05. The molecule has 0 aliphatic carbocycles. The Labute approximate surface area is 252 Å². The summed E-state index contributed by atoms with van der Waals surface area (Å²) in [7, 11) is 1.58. The van der Waals surface area contributed by atoms with Gasteiger partial charge in [0.1, 0.15) is 18.5 Å². The van der Waals surface area contributed by atoms with Crippen molar-refractivity contribution in [3.05, 3.63) is 29.8 Å². The van der Waals surface area contributed by atoms with Crippen LogP contribution in [0.3, 0.4) is 0 Å². The Balaban J connectivity index is 2.33. The van der Waals surface area contributed by atoms with Crippen LogP contribution in [0.15, 0.2) is 24.3 Å². The molecule has 1 aliphatic rings. The van der Waals surface area contributed by atoms with Crippen LogP contribution in [-0.4, -0.2) is 81.0 Å². The van der Waals surface area contributed by atoms with Crippen molar-refractivity contribution in [3.63, 3.8) is 0 Å². The lowest BCUT2D eigenvalue weighted by molar-refractivity contribution is -0.319. The number of hydrogen-bond acceptors (Lipinski definition) is 12. The van der Waals surface area contributed by atoms with Gasteiger partial charge in [0.25, 0.3) is 0 Å². The normalized spacial score (nSPS) is 22.3. The summed E-state index contributed by atoms with van der Waals surface area (Å²) in [5.74, 6) is 0.910. The summed E-state index contributed by atoms with van der Waals surface area (Å²) >= 11 is 1.93. The number of hydrogen-bond donors (Lipinski definition) is 0. The fourth-order valence-corrected chi connectivity index (χ4v) is 4.26. The number of methoxy groups -OCH3 is 1. The molecule has 0 N–H and O–H groups in total. The molecule has 0 saturated carbocycles. The Morgan fingerprint density at radius 2 is 1.51 bits per heavy atom. The number of rotatable bonds is 14. The average molecular weight is 690 g/mol. The number of ether oxygens (including phenoxy) is 8. The van der Waals surface area contributed by atoms with Crippen molar-refractivity contribution >= 4 is 46.5 Å². The topological polar surface area (TPSA) is 142 Å². The third kappa shape index (κ3) is 12.2. The molecule has 226 valence electrons. The Hall–Kier alpha value is -2.93. The van der Waals surface area contributed by atoms with Crippen LogP contribution in [0.2, 0.25) is 0 Å². The zero-order valence-electron chi connectivity index (χ0n) is 23.6. The van der Waals surface area contributed by atoms with Gasteiger partial charge in [0.05, 0.1) is 26.4 Å². The van der Waals surface area contributed by atoms with E-state index in [1.165, 1.54) is 13.8 Å². The highest BCUT2D eigenvalue weighted by atomic mass is 127. The van der Waals surface area contributed by atoms with Gasteiger partial charge in [0, 0.05) is 56.7 Å². The summed E-state index contributed by atoms with van der Waals surface area (Å²) in [5, 5.41) is 0. The minimum absolute atomic E-state index is 0.113. The number of benzene rings is 1.